The third kappa shape index (κ3) is 2.58. The fourth-order valence-corrected chi connectivity index (χ4v) is 2.87. The van der Waals surface area contributed by atoms with Gasteiger partial charge in [0.15, 0.2) is 0 Å². The van der Waals surface area contributed by atoms with Gasteiger partial charge in [-0.3, -0.25) is 9.47 Å². The minimum atomic E-state index is -1.01. The highest BCUT2D eigenvalue weighted by molar-refractivity contribution is 6.01. The second kappa shape index (κ2) is 5.37. The molecule has 112 valence electrons. The molecule has 0 saturated heterocycles. The van der Waals surface area contributed by atoms with Crippen LogP contribution in [0.4, 0.5) is 0 Å². The molecule has 1 heterocycles. The second-order valence-corrected chi connectivity index (χ2v) is 5.45. The van der Waals surface area contributed by atoms with E-state index in [0.29, 0.717) is 23.6 Å². The first-order chi connectivity index (χ1) is 10.1. The SMILES string of the molecule is CCN(CCn1c(=O)[nH]c2cccc(C(=O)O)c21)C1CC1. The summed E-state index contributed by atoms with van der Waals surface area (Å²) < 4.78 is 1.55. The first kappa shape index (κ1) is 13.9. The Balaban J connectivity index is 1.95. The van der Waals surface area contributed by atoms with E-state index >= 15 is 0 Å². The zero-order chi connectivity index (χ0) is 15.0. The van der Waals surface area contributed by atoms with Gasteiger partial charge in [-0.05, 0) is 31.5 Å². The lowest BCUT2D eigenvalue weighted by Crippen LogP contribution is -2.32. The number of fused-ring (bicyclic) bond motifs is 1. The standard InChI is InChI=1S/C15H19N3O3/c1-2-17(10-6-7-10)8-9-18-13-11(14(19)20)4-3-5-12(13)16-15(18)21/h3-5,10H,2,6-9H2,1H3,(H,16,21)(H,19,20). The monoisotopic (exact) mass is 289 g/mol. The van der Waals surface area contributed by atoms with Crippen molar-refractivity contribution in [3.05, 3.63) is 34.2 Å². The zero-order valence-electron chi connectivity index (χ0n) is 12.0. The van der Waals surface area contributed by atoms with Gasteiger partial charge in [-0.2, -0.15) is 0 Å². The molecule has 1 aliphatic rings. The van der Waals surface area contributed by atoms with E-state index in [1.807, 2.05) is 0 Å². The number of carboxylic acids is 1. The van der Waals surface area contributed by atoms with Crippen LogP contribution in [0.2, 0.25) is 0 Å². The average Bonchev–Trinajstić information content (AvgIpc) is 3.23. The van der Waals surface area contributed by atoms with Crippen molar-refractivity contribution in [2.75, 3.05) is 13.1 Å². The predicted molar refractivity (Wildman–Crippen MR) is 79.8 cm³/mol. The predicted octanol–water partition coefficient (Wildman–Crippen LogP) is 1.51. The van der Waals surface area contributed by atoms with Crippen LogP contribution in [0.15, 0.2) is 23.0 Å². The van der Waals surface area contributed by atoms with E-state index in [0.717, 1.165) is 13.1 Å². The van der Waals surface area contributed by atoms with E-state index in [4.69, 9.17) is 0 Å². The van der Waals surface area contributed by atoms with Crippen LogP contribution >= 0.6 is 0 Å². The van der Waals surface area contributed by atoms with Crippen LogP contribution in [0.3, 0.4) is 0 Å². The molecule has 3 rings (SSSR count). The molecule has 2 N–H and O–H groups in total. The van der Waals surface area contributed by atoms with Crippen molar-refractivity contribution in [1.82, 2.24) is 14.5 Å². The molecule has 0 atom stereocenters. The van der Waals surface area contributed by atoms with E-state index in [2.05, 4.69) is 16.8 Å². The first-order valence-electron chi connectivity index (χ1n) is 7.30. The highest BCUT2D eigenvalue weighted by atomic mass is 16.4. The van der Waals surface area contributed by atoms with Crippen LogP contribution in [0.25, 0.3) is 11.0 Å². The van der Waals surface area contributed by atoms with Crippen molar-refractivity contribution in [1.29, 1.82) is 0 Å². The Bertz CT molecular complexity index is 727. The number of aromatic nitrogens is 2. The molecular formula is C15H19N3O3. The Kier molecular flexibility index (Phi) is 3.55. The number of para-hydroxylation sites is 1. The van der Waals surface area contributed by atoms with Crippen LogP contribution < -0.4 is 5.69 Å². The Morgan fingerprint density at radius 3 is 2.86 bits per heavy atom. The molecule has 1 saturated carbocycles. The van der Waals surface area contributed by atoms with Crippen LogP contribution in [-0.2, 0) is 6.54 Å². The van der Waals surface area contributed by atoms with Gasteiger partial charge in [0.1, 0.15) is 0 Å². The lowest BCUT2D eigenvalue weighted by molar-refractivity contribution is 0.0698. The number of aromatic carboxylic acids is 1. The molecular weight excluding hydrogens is 270 g/mol. The summed E-state index contributed by atoms with van der Waals surface area (Å²) >= 11 is 0. The maximum atomic E-state index is 12.1. The van der Waals surface area contributed by atoms with Crippen molar-refractivity contribution in [2.24, 2.45) is 0 Å². The molecule has 0 bridgehead atoms. The van der Waals surface area contributed by atoms with E-state index < -0.39 is 5.97 Å². The van der Waals surface area contributed by atoms with Gasteiger partial charge < -0.3 is 10.1 Å². The van der Waals surface area contributed by atoms with E-state index in [-0.39, 0.29) is 11.3 Å². The molecule has 1 aliphatic carbocycles. The van der Waals surface area contributed by atoms with Crippen molar-refractivity contribution in [3.8, 4) is 0 Å². The number of nitrogens with zero attached hydrogens (tertiary/aromatic N) is 2. The summed E-state index contributed by atoms with van der Waals surface area (Å²) in [4.78, 5) is 28.5. The Labute approximate surface area is 122 Å². The van der Waals surface area contributed by atoms with Gasteiger partial charge in [0.25, 0.3) is 0 Å². The highest BCUT2D eigenvalue weighted by Gasteiger charge is 2.27. The molecule has 6 nitrogen and oxygen atoms in total. The van der Waals surface area contributed by atoms with Crippen LogP contribution in [0, 0.1) is 0 Å². The quantitative estimate of drug-likeness (QED) is 0.845. The summed E-state index contributed by atoms with van der Waals surface area (Å²) in [6.07, 6.45) is 2.44. The van der Waals surface area contributed by atoms with Gasteiger partial charge in [0.05, 0.1) is 16.6 Å². The number of aromatic amines is 1. The smallest absolute Gasteiger partial charge is 0.337 e. The van der Waals surface area contributed by atoms with Gasteiger partial charge in [-0.25, -0.2) is 9.59 Å². The van der Waals surface area contributed by atoms with E-state index in [1.54, 1.807) is 16.7 Å². The van der Waals surface area contributed by atoms with Gasteiger partial charge in [-0.1, -0.05) is 13.0 Å². The average molecular weight is 289 g/mol. The maximum absolute atomic E-state index is 12.1. The highest BCUT2D eigenvalue weighted by Crippen LogP contribution is 2.26. The summed E-state index contributed by atoms with van der Waals surface area (Å²) in [5, 5.41) is 9.30. The van der Waals surface area contributed by atoms with Crippen LogP contribution in [0.5, 0.6) is 0 Å². The van der Waals surface area contributed by atoms with Gasteiger partial charge in [0, 0.05) is 19.1 Å². The lowest BCUT2D eigenvalue weighted by atomic mass is 10.2. The minimum absolute atomic E-state index is 0.167. The van der Waals surface area contributed by atoms with Gasteiger partial charge in [0.2, 0.25) is 0 Å². The Hall–Kier alpha value is -2.08. The molecule has 1 fully saturated rings. The van der Waals surface area contributed by atoms with E-state index in [1.165, 1.54) is 18.9 Å². The molecule has 0 unspecified atom stereocenters. The topological polar surface area (TPSA) is 78.3 Å². The summed E-state index contributed by atoms with van der Waals surface area (Å²) in [7, 11) is 0. The van der Waals surface area contributed by atoms with Crippen molar-refractivity contribution >= 4 is 17.0 Å². The van der Waals surface area contributed by atoms with Crippen molar-refractivity contribution < 1.29 is 9.90 Å². The Morgan fingerprint density at radius 2 is 2.24 bits per heavy atom. The largest absolute Gasteiger partial charge is 0.478 e. The molecule has 0 aliphatic heterocycles. The minimum Gasteiger partial charge on any atom is -0.478 e. The van der Waals surface area contributed by atoms with Gasteiger partial charge in [-0.15, -0.1) is 0 Å². The van der Waals surface area contributed by atoms with Gasteiger partial charge >= 0.3 is 11.7 Å². The number of carboxylic acid groups (broad SMARTS) is 1. The number of nitrogens with one attached hydrogen (secondary N) is 1. The summed E-state index contributed by atoms with van der Waals surface area (Å²) in [5.41, 5.74) is 0.988. The molecule has 0 radical (unpaired) electrons. The van der Waals surface area contributed by atoms with Crippen molar-refractivity contribution in [2.45, 2.75) is 32.4 Å². The molecule has 21 heavy (non-hydrogen) atoms. The number of hydrogen-bond donors (Lipinski definition) is 2. The number of likely N-dealkylation sites (N-methyl/N-ethyl adjacent to an activating group) is 1. The molecule has 1 aromatic carbocycles. The van der Waals surface area contributed by atoms with Crippen molar-refractivity contribution in [3.63, 3.8) is 0 Å². The summed E-state index contributed by atoms with van der Waals surface area (Å²) in [5.74, 6) is -1.01. The molecule has 6 heteroatoms. The molecule has 1 aromatic heterocycles. The number of hydrogen-bond acceptors (Lipinski definition) is 3. The summed E-state index contributed by atoms with van der Waals surface area (Å²) in [6, 6.07) is 5.55. The Morgan fingerprint density at radius 1 is 1.48 bits per heavy atom. The number of H-pyrrole nitrogens is 1. The number of carbonyl (C=O) groups is 1. The molecule has 2 aromatic rings. The molecule has 0 amide bonds. The van der Waals surface area contributed by atoms with Crippen LogP contribution in [0.1, 0.15) is 30.1 Å². The fraction of sp³-hybridized carbons (Fsp3) is 0.467. The number of benzene rings is 1. The maximum Gasteiger partial charge on any atom is 0.337 e. The first-order valence-corrected chi connectivity index (χ1v) is 7.30. The summed E-state index contributed by atoms with van der Waals surface area (Å²) in [6.45, 7) is 4.34. The van der Waals surface area contributed by atoms with E-state index in [9.17, 15) is 14.7 Å². The van der Waals surface area contributed by atoms with Crippen LogP contribution in [-0.4, -0.2) is 44.7 Å². The molecule has 0 spiro atoms. The number of imidazole rings is 1. The fourth-order valence-electron chi connectivity index (χ4n) is 2.87. The second-order valence-electron chi connectivity index (χ2n) is 5.45. The normalized spacial score (nSPS) is 15.0. The lowest BCUT2D eigenvalue weighted by Gasteiger charge is -2.19. The third-order valence-corrected chi connectivity index (χ3v) is 4.10. The number of rotatable bonds is 6. The third-order valence-electron chi connectivity index (χ3n) is 4.10. The zero-order valence-corrected chi connectivity index (χ0v) is 12.0.